The summed E-state index contributed by atoms with van der Waals surface area (Å²) in [5, 5.41) is 0. The Morgan fingerprint density at radius 2 is 2.04 bits per heavy atom. The van der Waals surface area contributed by atoms with E-state index in [0.29, 0.717) is 22.2 Å². The molecule has 1 saturated heterocycles. The van der Waals surface area contributed by atoms with Gasteiger partial charge in [-0.2, -0.15) is 4.31 Å². The maximum atomic E-state index is 13.1. The second-order valence-electron chi connectivity index (χ2n) is 6.01. The van der Waals surface area contributed by atoms with Gasteiger partial charge < -0.3 is 4.42 Å². The third-order valence-electron chi connectivity index (χ3n) is 4.33. The summed E-state index contributed by atoms with van der Waals surface area (Å²) < 4.78 is 33.9. The molecule has 3 aromatic rings. The standard InChI is InChI=1S/C17H18N2O3S2/c1-12-9-10-16(23-12)24(20,21)19-11-5-4-7-14(19)17-18-13-6-2-3-8-15(13)22-17/h2-3,6,8-10,14H,4-5,7,11H2,1H3. The molecule has 126 valence electrons. The Morgan fingerprint density at radius 1 is 1.21 bits per heavy atom. The molecule has 0 spiro atoms. The number of nitrogens with zero attached hydrogens (tertiary/aromatic N) is 2. The lowest BCUT2D eigenvalue weighted by Crippen LogP contribution is -2.38. The van der Waals surface area contributed by atoms with Crippen molar-refractivity contribution < 1.29 is 12.8 Å². The van der Waals surface area contributed by atoms with Crippen LogP contribution in [0.5, 0.6) is 0 Å². The van der Waals surface area contributed by atoms with Crippen molar-refractivity contribution in [1.29, 1.82) is 0 Å². The molecular formula is C17H18N2O3S2. The van der Waals surface area contributed by atoms with E-state index in [-0.39, 0.29) is 6.04 Å². The zero-order valence-electron chi connectivity index (χ0n) is 13.3. The highest BCUT2D eigenvalue weighted by atomic mass is 32.2. The van der Waals surface area contributed by atoms with Crippen molar-refractivity contribution in [2.45, 2.75) is 36.4 Å². The van der Waals surface area contributed by atoms with Gasteiger partial charge in [0.25, 0.3) is 10.0 Å². The van der Waals surface area contributed by atoms with Crippen molar-refractivity contribution in [2.24, 2.45) is 0 Å². The molecule has 24 heavy (non-hydrogen) atoms. The van der Waals surface area contributed by atoms with Crippen LogP contribution in [-0.4, -0.2) is 24.3 Å². The smallest absolute Gasteiger partial charge is 0.253 e. The van der Waals surface area contributed by atoms with Gasteiger partial charge in [-0.3, -0.25) is 0 Å². The van der Waals surface area contributed by atoms with E-state index in [4.69, 9.17) is 4.42 Å². The highest BCUT2D eigenvalue weighted by molar-refractivity contribution is 7.91. The van der Waals surface area contributed by atoms with Crippen LogP contribution in [-0.2, 0) is 10.0 Å². The fourth-order valence-corrected chi connectivity index (χ4v) is 6.20. The molecule has 5 nitrogen and oxygen atoms in total. The number of oxazole rings is 1. The zero-order chi connectivity index (χ0) is 16.7. The summed E-state index contributed by atoms with van der Waals surface area (Å²) >= 11 is 1.31. The van der Waals surface area contributed by atoms with Crippen molar-refractivity contribution in [3.8, 4) is 0 Å². The number of para-hydroxylation sites is 2. The summed E-state index contributed by atoms with van der Waals surface area (Å²) in [4.78, 5) is 5.52. The number of thiophene rings is 1. The van der Waals surface area contributed by atoms with Crippen LogP contribution in [0.4, 0.5) is 0 Å². The van der Waals surface area contributed by atoms with Crippen LogP contribution < -0.4 is 0 Å². The van der Waals surface area contributed by atoms with Crippen LogP contribution >= 0.6 is 11.3 Å². The van der Waals surface area contributed by atoms with Crippen molar-refractivity contribution in [2.75, 3.05) is 6.54 Å². The van der Waals surface area contributed by atoms with Crippen LogP contribution in [0.15, 0.2) is 45.0 Å². The van der Waals surface area contributed by atoms with Crippen LogP contribution in [0.2, 0.25) is 0 Å². The normalized spacial score (nSPS) is 19.8. The number of hydrogen-bond donors (Lipinski definition) is 0. The van der Waals surface area contributed by atoms with Crippen LogP contribution in [0.3, 0.4) is 0 Å². The predicted octanol–water partition coefficient (Wildman–Crippen LogP) is 4.11. The quantitative estimate of drug-likeness (QED) is 0.703. The Hall–Kier alpha value is -1.70. The van der Waals surface area contributed by atoms with Gasteiger partial charge in [0.05, 0.1) is 0 Å². The molecule has 0 N–H and O–H groups in total. The van der Waals surface area contributed by atoms with Crippen LogP contribution in [0.1, 0.15) is 36.1 Å². The van der Waals surface area contributed by atoms with Gasteiger partial charge in [-0.1, -0.05) is 18.6 Å². The fraction of sp³-hybridized carbons (Fsp3) is 0.353. The average Bonchev–Trinajstić information content (AvgIpc) is 3.21. The van der Waals surface area contributed by atoms with E-state index < -0.39 is 10.0 Å². The summed E-state index contributed by atoms with van der Waals surface area (Å²) in [6.45, 7) is 2.42. The third kappa shape index (κ3) is 2.66. The lowest BCUT2D eigenvalue weighted by molar-refractivity contribution is 0.223. The van der Waals surface area contributed by atoms with Crippen LogP contribution in [0.25, 0.3) is 11.1 Å². The summed E-state index contributed by atoms with van der Waals surface area (Å²) in [6.07, 6.45) is 2.57. The van der Waals surface area contributed by atoms with E-state index >= 15 is 0 Å². The Balaban J connectivity index is 1.75. The minimum Gasteiger partial charge on any atom is -0.439 e. The number of benzene rings is 1. The number of sulfonamides is 1. The Morgan fingerprint density at radius 3 is 2.79 bits per heavy atom. The number of fused-ring (bicyclic) bond motifs is 1. The number of hydrogen-bond acceptors (Lipinski definition) is 5. The maximum Gasteiger partial charge on any atom is 0.253 e. The third-order valence-corrected chi connectivity index (χ3v) is 7.70. The van der Waals surface area contributed by atoms with E-state index in [1.165, 1.54) is 11.3 Å². The van der Waals surface area contributed by atoms with E-state index in [1.807, 2.05) is 37.3 Å². The predicted molar refractivity (Wildman–Crippen MR) is 93.5 cm³/mol. The second-order valence-corrected chi connectivity index (χ2v) is 9.42. The molecule has 0 saturated carbocycles. The molecule has 7 heteroatoms. The molecule has 1 unspecified atom stereocenters. The molecule has 1 fully saturated rings. The van der Waals surface area contributed by atoms with Gasteiger partial charge in [-0.25, -0.2) is 13.4 Å². The zero-order valence-corrected chi connectivity index (χ0v) is 14.9. The van der Waals surface area contributed by atoms with Gasteiger partial charge in [-0.05, 0) is 44.0 Å². The van der Waals surface area contributed by atoms with E-state index in [2.05, 4.69) is 4.98 Å². The largest absolute Gasteiger partial charge is 0.439 e. The van der Waals surface area contributed by atoms with E-state index in [1.54, 1.807) is 10.4 Å². The minimum atomic E-state index is -3.52. The maximum absolute atomic E-state index is 13.1. The van der Waals surface area contributed by atoms with Gasteiger partial charge >= 0.3 is 0 Å². The molecular weight excluding hydrogens is 344 g/mol. The summed E-state index contributed by atoms with van der Waals surface area (Å²) in [5.41, 5.74) is 1.46. The molecule has 1 atom stereocenters. The Kier molecular flexibility index (Phi) is 3.94. The lowest BCUT2D eigenvalue weighted by Gasteiger charge is -2.32. The topological polar surface area (TPSA) is 63.4 Å². The number of aryl methyl sites for hydroxylation is 1. The number of aromatic nitrogens is 1. The van der Waals surface area contributed by atoms with Gasteiger partial charge in [0.1, 0.15) is 15.8 Å². The van der Waals surface area contributed by atoms with Crippen molar-refractivity contribution in [3.63, 3.8) is 0 Å². The molecule has 0 radical (unpaired) electrons. The number of piperidine rings is 1. The van der Waals surface area contributed by atoms with Gasteiger partial charge in [0.15, 0.2) is 5.58 Å². The lowest BCUT2D eigenvalue weighted by atomic mass is 10.1. The van der Waals surface area contributed by atoms with Gasteiger partial charge in [0.2, 0.25) is 5.89 Å². The first-order chi connectivity index (χ1) is 11.6. The monoisotopic (exact) mass is 362 g/mol. The molecule has 2 aromatic heterocycles. The van der Waals surface area contributed by atoms with Gasteiger partial charge in [-0.15, -0.1) is 11.3 Å². The molecule has 3 heterocycles. The van der Waals surface area contributed by atoms with Crippen molar-refractivity contribution >= 4 is 32.5 Å². The first-order valence-electron chi connectivity index (χ1n) is 7.99. The Bertz CT molecular complexity index is 942. The summed E-state index contributed by atoms with van der Waals surface area (Å²) in [5.74, 6) is 0.493. The van der Waals surface area contributed by atoms with E-state index in [9.17, 15) is 8.42 Å². The molecule has 1 aliphatic heterocycles. The van der Waals surface area contributed by atoms with Crippen LogP contribution in [0, 0.1) is 6.92 Å². The van der Waals surface area contributed by atoms with Gasteiger partial charge in [0, 0.05) is 11.4 Å². The molecule has 0 amide bonds. The second kappa shape index (κ2) is 5.98. The molecule has 1 aliphatic rings. The average molecular weight is 362 g/mol. The van der Waals surface area contributed by atoms with Crippen molar-refractivity contribution in [3.05, 3.63) is 47.2 Å². The first-order valence-corrected chi connectivity index (χ1v) is 10.2. The Labute approximate surface area is 145 Å². The number of rotatable bonds is 3. The van der Waals surface area contributed by atoms with Crippen molar-refractivity contribution in [1.82, 2.24) is 9.29 Å². The SMILES string of the molecule is Cc1ccc(S(=O)(=O)N2CCCCC2c2nc3ccccc3o2)s1. The van der Waals surface area contributed by atoms with E-state index in [0.717, 1.165) is 29.7 Å². The molecule has 1 aromatic carbocycles. The highest BCUT2D eigenvalue weighted by Crippen LogP contribution is 2.37. The summed E-state index contributed by atoms with van der Waals surface area (Å²) in [6, 6.07) is 10.7. The minimum absolute atomic E-state index is 0.335. The molecule has 0 bridgehead atoms. The fourth-order valence-electron chi connectivity index (χ4n) is 3.14. The molecule has 0 aliphatic carbocycles. The summed E-state index contributed by atoms with van der Waals surface area (Å²) in [7, 11) is -3.52. The first kappa shape index (κ1) is 15.8. The highest BCUT2D eigenvalue weighted by Gasteiger charge is 2.37. The molecule has 4 rings (SSSR count).